The van der Waals surface area contributed by atoms with E-state index in [4.69, 9.17) is 16.7 Å². The number of nitrogens with zero attached hydrogens (tertiary/aromatic N) is 2. The molecule has 1 rings (SSSR count). The summed E-state index contributed by atoms with van der Waals surface area (Å²) in [6, 6.07) is 0. The summed E-state index contributed by atoms with van der Waals surface area (Å²) in [4.78, 5) is 7.81. The number of hydrogen-bond donors (Lipinski definition) is 2. The summed E-state index contributed by atoms with van der Waals surface area (Å²) < 4.78 is 0. The molecule has 1 unspecified atom stereocenters. The van der Waals surface area contributed by atoms with Gasteiger partial charge in [0, 0.05) is 12.1 Å². The van der Waals surface area contributed by atoms with Gasteiger partial charge in [-0.15, -0.1) is 0 Å². The molecular formula is C8H12ClN3O. The number of rotatable bonds is 3. The maximum atomic E-state index is 9.03. The Bertz CT molecular complexity index is 291. The second kappa shape index (κ2) is 4.39. The van der Waals surface area contributed by atoms with Gasteiger partial charge in [0.2, 0.25) is 0 Å². The standard InChI is InChI=1S/C8H12ClN3O/c1-5(13)3-10-8-6(2)7(9)11-4-12-8/h4-5,13H,3H2,1-2H3,(H,10,11,12). The molecule has 2 N–H and O–H groups in total. The average Bonchev–Trinajstić information content (AvgIpc) is 2.07. The lowest BCUT2D eigenvalue weighted by molar-refractivity contribution is 0.208. The van der Waals surface area contributed by atoms with E-state index in [-0.39, 0.29) is 0 Å². The summed E-state index contributed by atoms with van der Waals surface area (Å²) in [5, 5.41) is 12.4. The molecule has 4 nitrogen and oxygen atoms in total. The molecule has 13 heavy (non-hydrogen) atoms. The second-order valence-electron chi connectivity index (χ2n) is 2.87. The molecule has 0 aliphatic carbocycles. The highest BCUT2D eigenvalue weighted by atomic mass is 35.5. The van der Waals surface area contributed by atoms with Crippen molar-refractivity contribution in [2.24, 2.45) is 0 Å². The first kappa shape index (κ1) is 10.2. The fraction of sp³-hybridized carbons (Fsp3) is 0.500. The van der Waals surface area contributed by atoms with E-state index in [0.29, 0.717) is 17.5 Å². The van der Waals surface area contributed by atoms with Crippen LogP contribution in [-0.4, -0.2) is 27.7 Å². The highest BCUT2D eigenvalue weighted by Crippen LogP contribution is 2.17. The molecule has 0 spiro atoms. The second-order valence-corrected chi connectivity index (χ2v) is 3.23. The Labute approximate surface area is 82.0 Å². The third-order valence-electron chi connectivity index (χ3n) is 1.59. The van der Waals surface area contributed by atoms with Crippen molar-refractivity contribution in [1.82, 2.24) is 9.97 Å². The average molecular weight is 202 g/mol. The zero-order chi connectivity index (χ0) is 9.84. The fourth-order valence-electron chi connectivity index (χ4n) is 0.851. The monoisotopic (exact) mass is 201 g/mol. The Balaban J connectivity index is 2.71. The van der Waals surface area contributed by atoms with Crippen LogP contribution < -0.4 is 5.32 Å². The molecule has 5 heteroatoms. The summed E-state index contributed by atoms with van der Waals surface area (Å²) in [5.41, 5.74) is 0.796. The van der Waals surface area contributed by atoms with Crippen molar-refractivity contribution in [2.75, 3.05) is 11.9 Å². The first-order chi connectivity index (χ1) is 6.11. The zero-order valence-electron chi connectivity index (χ0n) is 7.58. The third-order valence-corrected chi connectivity index (χ3v) is 1.97. The Hall–Kier alpha value is -0.870. The maximum Gasteiger partial charge on any atom is 0.137 e. The van der Waals surface area contributed by atoms with Gasteiger partial charge >= 0.3 is 0 Å². The van der Waals surface area contributed by atoms with Gasteiger partial charge in [-0.25, -0.2) is 9.97 Å². The van der Waals surface area contributed by atoms with Crippen LogP contribution in [0.15, 0.2) is 6.33 Å². The van der Waals surface area contributed by atoms with Crippen molar-refractivity contribution in [1.29, 1.82) is 0 Å². The Kier molecular flexibility index (Phi) is 3.45. The van der Waals surface area contributed by atoms with Crippen LogP contribution in [0, 0.1) is 6.92 Å². The molecule has 0 radical (unpaired) electrons. The van der Waals surface area contributed by atoms with E-state index in [9.17, 15) is 0 Å². The van der Waals surface area contributed by atoms with Crippen LogP contribution in [0.25, 0.3) is 0 Å². The first-order valence-electron chi connectivity index (χ1n) is 4.00. The van der Waals surface area contributed by atoms with E-state index in [1.165, 1.54) is 6.33 Å². The van der Waals surface area contributed by atoms with Crippen molar-refractivity contribution in [3.8, 4) is 0 Å². The van der Waals surface area contributed by atoms with Crippen molar-refractivity contribution in [3.05, 3.63) is 17.0 Å². The van der Waals surface area contributed by atoms with Gasteiger partial charge in [0.25, 0.3) is 0 Å². The van der Waals surface area contributed by atoms with Gasteiger partial charge in [-0.2, -0.15) is 0 Å². The van der Waals surface area contributed by atoms with Crippen molar-refractivity contribution in [2.45, 2.75) is 20.0 Å². The van der Waals surface area contributed by atoms with Gasteiger partial charge in [0.1, 0.15) is 17.3 Å². The molecule has 0 bridgehead atoms. The van der Waals surface area contributed by atoms with Gasteiger partial charge in [-0.05, 0) is 13.8 Å². The third kappa shape index (κ3) is 2.82. The van der Waals surface area contributed by atoms with Crippen LogP contribution in [0.2, 0.25) is 5.15 Å². The van der Waals surface area contributed by atoms with Crippen LogP contribution in [0.4, 0.5) is 5.82 Å². The molecule has 0 fully saturated rings. The Morgan fingerprint density at radius 2 is 2.31 bits per heavy atom. The lowest BCUT2D eigenvalue weighted by atomic mass is 10.3. The predicted molar refractivity (Wildman–Crippen MR) is 51.9 cm³/mol. The largest absolute Gasteiger partial charge is 0.392 e. The number of nitrogens with one attached hydrogen (secondary N) is 1. The molecule has 0 saturated carbocycles. The van der Waals surface area contributed by atoms with Crippen molar-refractivity contribution < 1.29 is 5.11 Å². The highest BCUT2D eigenvalue weighted by Gasteiger charge is 2.04. The SMILES string of the molecule is Cc1c(Cl)ncnc1NCC(C)O. The Morgan fingerprint density at radius 3 is 2.92 bits per heavy atom. The van der Waals surface area contributed by atoms with Crippen LogP contribution in [0.1, 0.15) is 12.5 Å². The van der Waals surface area contributed by atoms with E-state index in [1.54, 1.807) is 6.92 Å². The molecule has 1 heterocycles. The quantitative estimate of drug-likeness (QED) is 0.723. The van der Waals surface area contributed by atoms with Crippen LogP contribution in [-0.2, 0) is 0 Å². The van der Waals surface area contributed by atoms with Gasteiger partial charge < -0.3 is 10.4 Å². The topological polar surface area (TPSA) is 58.0 Å². The van der Waals surface area contributed by atoms with Gasteiger partial charge in [-0.3, -0.25) is 0 Å². The van der Waals surface area contributed by atoms with E-state index in [2.05, 4.69) is 15.3 Å². The van der Waals surface area contributed by atoms with Crippen molar-refractivity contribution >= 4 is 17.4 Å². The number of aliphatic hydroxyl groups is 1. The predicted octanol–water partition coefficient (Wildman–Crippen LogP) is 1.23. The number of halogens is 1. The van der Waals surface area contributed by atoms with Crippen LogP contribution in [0.5, 0.6) is 0 Å². The molecule has 1 atom stereocenters. The van der Waals surface area contributed by atoms with Gasteiger partial charge in [-0.1, -0.05) is 11.6 Å². The van der Waals surface area contributed by atoms with Gasteiger partial charge in [0.15, 0.2) is 0 Å². The van der Waals surface area contributed by atoms with Gasteiger partial charge in [0.05, 0.1) is 6.10 Å². The summed E-state index contributed by atoms with van der Waals surface area (Å²) in [6.07, 6.45) is 0.979. The summed E-state index contributed by atoms with van der Waals surface area (Å²) in [6.45, 7) is 3.98. The molecule has 0 aromatic carbocycles. The van der Waals surface area contributed by atoms with Crippen molar-refractivity contribution in [3.63, 3.8) is 0 Å². The lowest BCUT2D eigenvalue weighted by Crippen LogP contribution is -2.16. The minimum Gasteiger partial charge on any atom is -0.392 e. The molecule has 72 valence electrons. The first-order valence-corrected chi connectivity index (χ1v) is 4.38. The summed E-state index contributed by atoms with van der Waals surface area (Å²) in [7, 11) is 0. The van der Waals surface area contributed by atoms with E-state index < -0.39 is 6.10 Å². The lowest BCUT2D eigenvalue weighted by Gasteiger charge is -2.09. The molecule has 1 aromatic heterocycles. The minimum atomic E-state index is -0.409. The van der Waals surface area contributed by atoms with E-state index >= 15 is 0 Å². The number of aliphatic hydroxyl groups excluding tert-OH is 1. The zero-order valence-corrected chi connectivity index (χ0v) is 8.34. The summed E-state index contributed by atoms with van der Waals surface area (Å²) in [5.74, 6) is 0.668. The number of aromatic nitrogens is 2. The maximum absolute atomic E-state index is 9.03. The molecular weight excluding hydrogens is 190 g/mol. The van der Waals surface area contributed by atoms with E-state index in [0.717, 1.165) is 5.56 Å². The number of anilines is 1. The molecule has 0 saturated heterocycles. The molecule has 1 aromatic rings. The fourth-order valence-corrected chi connectivity index (χ4v) is 0.984. The van der Waals surface area contributed by atoms with Crippen LogP contribution >= 0.6 is 11.6 Å². The smallest absolute Gasteiger partial charge is 0.137 e. The minimum absolute atomic E-state index is 0.409. The molecule has 0 aliphatic rings. The molecule has 0 aliphatic heterocycles. The summed E-state index contributed by atoms with van der Waals surface area (Å²) >= 11 is 5.78. The number of hydrogen-bond acceptors (Lipinski definition) is 4. The molecule has 0 amide bonds. The highest BCUT2D eigenvalue weighted by molar-refractivity contribution is 6.30. The van der Waals surface area contributed by atoms with Crippen LogP contribution in [0.3, 0.4) is 0 Å². The Morgan fingerprint density at radius 1 is 1.62 bits per heavy atom. The normalized spacial score (nSPS) is 12.6. The van der Waals surface area contributed by atoms with E-state index in [1.807, 2.05) is 6.92 Å².